The molecule has 0 spiro atoms. The lowest BCUT2D eigenvalue weighted by atomic mass is 10.5. The van der Waals surface area contributed by atoms with E-state index >= 15 is 0 Å². The first kappa shape index (κ1) is 5.73. The fourth-order valence-electron chi connectivity index (χ4n) is 0.306. The van der Waals surface area contributed by atoms with Crippen LogP contribution in [0.4, 0.5) is 0 Å². The molecule has 0 saturated heterocycles. The van der Waals surface area contributed by atoms with E-state index in [0.29, 0.717) is 4.88 Å². The zero-order valence-corrected chi connectivity index (χ0v) is 6.16. The van der Waals surface area contributed by atoms with Gasteiger partial charge in [0.2, 0.25) is 0 Å². The Morgan fingerprint density at radius 1 is 1.88 bits per heavy atom. The van der Waals surface area contributed by atoms with Crippen molar-refractivity contribution >= 4 is 27.5 Å². The Labute approximate surface area is 59.1 Å². The number of hydrogen-bond acceptors (Lipinski definition) is 3. The number of hydrogen-bond donors (Lipinski definition) is 0. The monoisotopic (exact) mass is 188 g/mol. The van der Waals surface area contributed by atoms with Crippen molar-refractivity contribution in [3.8, 4) is 6.07 Å². The summed E-state index contributed by atoms with van der Waals surface area (Å²) in [7, 11) is 0. The van der Waals surface area contributed by atoms with Gasteiger partial charge in [0.15, 0.2) is 0 Å². The van der Waals surface area contributed by atoms with Gasteiger partial charge in [0.05, 0.1) is 0 Å². The highest BCUT2D eigenvalue weighted by molar-refractivity contribution is 9.10. The van der Waals surface area contributed by atoms with Gasteiger partial charge in [-0.2, -0.15) is 9.64 Å². The summed E-state index contributed by atoms with van der Waals surface area (Å²) in [5.74, 6) is 0. The van der Waals surface area contributed by atoms with E-state index in [0.717, 1.165) is 4.60 Å². The van der Waals surface area contributed by atoms with E-state index in [4.69, 9.17) is 5.26 Å². The van der Waals surface area contributed by atoms with E-state index in [2.05, 4.69) is 20.3 Å². The Kier molecular flexibility index (Phi) is 1.61. The fraction of sp³-hybridized carbons (Fsp3) is 0. The molecule has 1 heterocycles. The van der Waals surface area contributed by atoms with Crippen molar-refractivity contribution in [2.45, 2.75) is 0 Å². The average Bonchev–Trinajstić information content (AvgIpc) is 2.14. The van der Waals surface area contributed by atoms with Gasteiger partial charge in [-0.15, -0.1) is 0 Å². The summed E-state index contributed by atoms with van der Waals surface area (Å²) < 4.78 is 4.56. The van der Waals surface area contributed by atoms with Crippen LogP contribution in [0, 0.1) is 11.3 Å². The molecule has 0 aliphatic carbocycles. The Morgan fingerprint density at radius 2 is 2.62 bits per heavy atom. The Balaban J connectivity index is 3.05. The predicted octanol–water partition coefficient (Wildman–Crippen LogP) is 1.78. The summed E-state index contributed by atoms with van der Waals surface area (Å²) in [6.45, 7) is 0. The van der Waals surface area contributed by atoms with Gasteiger partial charge < -0.3 is 0 Å². The van der Waals surface area contributed by atoms with Crippen LogP contribution in [0.1, 0.15) is 4.88 Å². The summed E-state index contributed by atoms with van der Waals surface area (Å²) in [5.41, 5.74) is 0. The molecule has 0 aromatic carbocycles. The number of nitrogens with zero attached hydrogens (tertiary/aromatic N) is 2. The number of rotatable bonds is 0. The number of nitriles is 1. The second-order valence-corrected chi connectivity index (χ2v) is 2.74. The summed E-state index contributed by atoms with van der Waals surface area (Å²) in [5, 5.41) is 8.25. The molecule has 0 fully saturated rings. The maximum Gasteiger partial charge on any atom is 0.126 e. The molecule has 1 aromatic rings. The van der Waals surface area contributed by atoms with E-state index in [9.17, 15) is 0 Å². The van der Waals surface area contributed by atoms with Gasteiger partial charge in [-0.05, 0) is 27.5 Å². The van der Waals surface area contributed by atoms with E-state index in [1.165, 1.54) is 11.5 Å². The van der Waals surface area contributed by atoms with Crippen LogP contribution >= 0.6 is 27.5 Å². The van der Waals surface area contributed by atoms with Crippen LogP contribution in [0.15, 0.2) is 10.7 Å². The zero-order chi connectivity index (χ0) is 5.98. The molecule has 1 aromatic heterocycles. The first-order valence-electron chi connectivity index (χ1n) is 1.85. The van der Waals surface area contributed by atoms with Gasteiger partial charge in [0, 0.05) is 6.07 Å². The van der Waals surface area contributed by atoms with Crippen molar-refractivity contribution in [1.29, 1.82) is 5.26 Å². The van der Waals surface area contributed by atoms with Crippen molar-refractivity contribution in [2.24, 2.45) is 0 Å². The molecule has 0 unspecified atom stereocenters. The highest BCUT2D eigenvalue weighted by Gasteiger charge is 1.93. The van der Waals surface area contributed by atoms with Gasteiger partial charge in [-0.1, -0.05) is 0 Å². The first-order chi connectivity index (χ1) is 3.83. The summed E-state index contributed by atoms with van der Waals surface area (Å²) in [6, 6.07) is 3.66. The Morgan fingerprint density at radius 3 is 2.88 bits per heavy atom. The SMILES string of the molecule is N#Cc1cc(Br)ns1. The lowest BCUT2D eigenvalue weighted by Crippen LogP contribution is -1.52. The van der Waals surface area contributed by atoms with Crippen molar-refractivity contribution in [3.05, 3.63) is 15.5 Å². The zero-order valence-electron chi connectivity index (χ0n) is 3.76. The van der Waals surface area contributed by atoms with Gasteiger partial charge in [-0.25, -0.2) is 0 Å². The standard InChI is InChI=1S/C4HBrN2S/c5-4-1-3(2-6)8-7-4/h1H. The highest BCUT2D eigenvalue weighted by Crippen LogP contribution is 2.12. The predicted molar refractivity (Wildman–Crippen MR) is 34.5 cm³/mol. The Bertz CT molecular complexity index is 224. The first-order valence-corrected chi connectivity index (χ1v) is 3.42. The Hall–Kier alpha value is -0.400. The fourth-order valence-corrected chi connectivity index (χ4v) is 1.35. The van der Waals surface area contributed by atoms with E-state index in [1.807, 2.05) is 6.07 Å². The highest BCUT2D eigenvalue weighted by atomic mass is 79.9. The summed E-state index contributed by atoms with van der Waals surface area (Å²) in [6.07, 6.45) is 0. The van der Waals surface area contributed by atoms with Crippen molar-refractivity contribution in [2.75, 3.05) is 0 Å². The lowest BCUT2D eigenvalue weighted by Gasteiger charge is -1.63. The molecule has 0 amide bonds. The minimum absolute atomic E-state index is 0.636. The molecule has 40 valence electrons. The van der Waals surface area contributed by atoms with E-state index in [-0.39, 0.29) is 0 Å². The topological polar surface area (TPSA) is 36.7 Å². The molecule has 0 saturated carbocycles. The molecule has 0 bridgehead atoms. The third-order valence-corrected chi connectivity index (χ3v) is 1.93. The maximum absolute atomic E-state index is 8.25. The largest absolute Gasteiger partial charge is 0.191 e. The van der Waals surface area contributed by atoms with Gasteiger partial charge in [0.25, 0.3) is 0 Å². The van der Waals surface area contributed by atoms with Crippen LogP contribution in [0.3, 0.4) is 0 Å². The van der Waals surface area contributed by atoms with Crippen LogP contribution in [0.25, 0.3) is 0 Å². The quantitative estimate of drug-likeness (QED) is 0.623. The van der Waals surface area contributed by atoms with Crippen LogP contribution in [-0.4, -0.2) is 4.37 Å². The molecular formula is C4HBrN2S. The molecule has 0 N–H and O–H groups in total. The molecule has 8 heavy (non-hydrogen) atoms. The molecule has 0 radical (unpaired) electrons. The van der Waals surface area contributed by atoms with Crippen molar-refractivity contribution < 1.29 is 0 Å². The lowest BCUT2D eigenvalue weighted by molar-refractivity contribution is 1.49. The second kappa shape index (κ2) is 2.25. The van der Waals surface area contributed by atoms with Crippen LogP contribution in [0.5, 0.6) is 0 Å². The van der Waals surface area contributed by atoms with E-state index in [1.54, 1.807) is 6.07 Å². The minimum atomic E-state index is 0.636. The summed E-state index contributed by atoms with van der Waals surface area (Å²) >= 11 is 4.31. The molecule has 0 aliphatic rings. The number of aromatic nitrogens is 1. The second-order valence-electron chi connectivity index (χ2n) is 1.13. The number of halogens is 1. The summed E-state index contributed by atoms with van der Waals surface area (Å²) in [4.78, 5) is 0.636. The molecule has 4 heteroatoms. The average molecular weight is 189 g/mol. The molecular weight excluding hydrogens is 188 g/mol. The van der Waals surface area contributed by atoms with Gasteiger partial charge in [-0.3, -0.25) is 0 Å². The third kappa shape index (κ3) is 1.05. The van der Waals surface area contributed by atoms with Gasteiger partial charge >= 0.3 is 0 Å². The van der Waals surface area contributed by atoms with Crippen LogP contribution < -0.4 is 0 Å². The van der Waals surface area contributed by atoms with Crippen LogP contribution in [-0.2, 0) is 0 Å². The molecule has 0 aliphatic heterocycles. The van der Waals surface area contributed by atoms with E-state index < -0.39 is 0 Å². The maximum atomic E-state index is 8.25. The smallest absolute Gasteiger partial charge is 0.126 e. The van der Waals surface area contributed by atoms with Crippen LogP contribution in [0.2, 0.25) is 0 Å². The minimum Gasteiger partial charge on any atom is -0.191 e. The molecule has 1 rings (SSSR count). The molecule has 0 atom stereocenters. The van der Waals surface area contributed by atoms with Crippen molar-refractivity contribution in [1.82, 2.24) is 4.37 Å². The normalized spacial score (nSPS) is 8.50. The molecule has 2 nitrogen and oxygen atoms in total. The third-order valence-electron chi connectivity index (χ3n) is 0.592. The van der Waals surface area contributed by atoms with Gasteiger partial charge in [0.1, 0.15) is 15.5 Å². The van der Waals surface area contributed by atoms with Crippen molar-refractivity contribution in [3.63, 3.8) is 0 Å².